The minimum Gasteiger partial charge on any atom is -0.415 e. The second-order valence-corrected chi connectivity index (χ2v) is 6.09. The lowest BCUT2D eigenvalue weighted by molar-refractivity contribution is -0.910. The number of nitrogens with one attached hydrogen (secondary N) is 1. The Hall–Kier alpha value is -2.72. The van der Waals surface area contributed by atoms with Crippen molar-refractivity contribution in [3.63, 3.8) is 0 Å². The smallest absolute Gasteiger partial charge is 0.271 e. The zero-order valence-electron chi connectivity index (χ0n) is 13.5. The van der Waals surface area contributed by atoms with Crippen LogP contribution in [0.25, 0.3) is 17.0 Å². The highest BCUT2D eigenvalue weighted by atomic mass is 16.4. The molecule has 4 rings (SSSR count). The molecule has 0 bridgehead atoms. The molecule has 0 amide bonds. The number of benzene rings is 2. The lowest BCUT2D eigenvalue weighted by Crippen LogP contribution is -3.11. The van der Waals surface area contributed by atoms with Gasteiger partial charge in [-0.3, -0.25) is 0 Å². The lowest BCUT2D eigenvalue weighted by Gasteiger charge is -2.22. The van der Waals surface area contributed by atoms with Crippen LogP contribution in [0, 0.1) is 0 Å². The highest BCUT2D eigenvalue weighted by molar-refractivity contribution is 5.65. The zero-order chi connectivity index (χ0) is 16.2. The molecule has 24 heavy (non-hydrogen) atoms. The normalized spacial score (nSPS) is 17.5. The van der Waals surface area contributed by atoms with Crippen LogP contribution < -0.4 is 4.90 Å². The van der Waals surface area contributed by atoms with E-state index >= 15 is 0 Å². The maximum atomic E-state index is 5.82. The lowest BCUT2D eigenvalue weighted by atomic mass is 10.00. The number of aromatic nitrogens is 2. The number of hydrogen-bond acceptors (Lipinski definition) is 3. The van der Waals surface area contributed by atoms with Crippen molar-refractivity contribution in [2.45, 2.75) is 13.0 Å². The van der Waals surface area contributed by atoms with Crippen LogP contribution in [-0.4, -0.2) is 23.3 Å². The van der Waals surface area contributed by atoms with Gasteiger partial charge < -0.3 is 9.32 Å². The van der Waals surface area contributed by atoms with E-state index in [0.29, 0.717) is 11.8 Å². The topological polar surface area (TPSA) is 43.4 Å². The molecule has 0 fully saturated rings. The first-order valence-electron chi connectivity index (χ1n) is 8.34. The van der Waals surface area contributed by atoms with E-state index < -0.39 is 0 Å². The summed E-state index contributed by atoms with van der Waals surface area (Å²) in [5, 5.41) is 8.37. The maximum Gasteiger partial charge on any atom is 0.271 e. The Morgan fingerprint density at radius 1 is 0.875 bits per heavy atom. The third kappa shape index (κ3) is 3.29. The minimum atomic E-state index is 0.600. The molecule has 1 atom stereocenters. The van der Waals surface area contributed by atoms with Gasteiger partial charge in [0.1, 0.15) is 0 Å². The molecule has 0 spiro atoms. The SMILES string of the molecule is C1=C(c2ccccc2)CC[NH+](Cc2nnc(-c3ccccc3)o2)C1. The Labute approximate surface area is 141 Å². The molecule has 1 aromatic heterocycles. The molecule has 4 nitrogen and oxygen atoms in total. The summed E-state index contributed by atoms with van der Waals surface area (Å²) in [5.74, 6) is 1.31. The summed E-state index contributed by atoms with van der Waals surface area (Å²) in [6, 6.07) is 20.5. The summed E-state index contributed by atoms with van der Waals surface area (Å²) >= 11 is 0. The standard InChI is InChI=1S/C20H19N3O/c1-3-7-16(8-4-1)17-11-13-23(14-12-17)15-19-21-22-20(24-19)18-9-5-2-6-10-18/h1-11H,12-15H2/p+1. The van der Waals surface area contributed by atoms with Crippen molar-refractivity contribution in [3.05, 3.63) is 78.2 Å². The zero-order valence-corrected chi connectivity index (χ0v) is 13.5. The van der Waals surface area contributed by atoms with Crippen LogP contribution in [0.2, 0.25) is 0 Å². The van der Waals surface area contributed by atoms with Gasteiger partial charge in [-0.1, -0.05) is 48.5 Å². The summed E-state index contributed by atoms with van der Waals surface area (Å²) in [5.41, 5.74) is 3.74. The molecule has 2 aromatic carbocycles. The Kier molecular flexibility index (Phi) is 4.21. The molecule has 0 saturated carbocycles. The largest absolute Gasteiger partial charge is 0.415 e. The Morgan fingerprint density at radius 2 is 1.58 bits per heavy atom. The third-order valence-electron chi connectivity index (χ3n) is 4.42. The molecular weight excluding hydrogens is 298 g/mol. The van der Waals surface area contributed by atoms with E-state index in [1.807, 2.05) is 30.3 Å². The summed E-state index contributed by atoms with van der Waals surface area (Å²) in [4.78, 5) is 1.46. The van der Waals surface area contributed by atoms with Gasteiger partial charge in [0.2, 0.25) is 5.89 Å². The quantitative estimate of drug-likeness (QED) is 0.804. The molecule has 0 radical (unpaired) electrons. The van der Waals surface area contributed by atoms with Gasteiger partial charge in [-0.05, 0) is 29.3 Å². The van der Waals surface area contributed by atoms with Crippen LogP contribution >= 0.6 is 0 Å². The summed E-state index contributed by atoms with van der Waals surface area (Å²) in [7, 11) is 0. The fraction of sp³-hybridized carbons (Fsp3) is 0.200. The molecule has 0 saturated heterocycles. The highest BCUT2D eigenvalue weighted by Crippen LogP contribution is 2.19. The van der Waals surface area contributed by atoms with Crippen molar-refractivity contribution in [3.8, 4) is 11.5 Å². The molecule has 0 aliphatic carbocycles. The van der Waals surface area contributed by atoms with Gasteiger partial charge in [0, 0.05) is 12.0 Å². The van der Waals surface area contributed by atoms with Gasteiger partial charge in [0.25, 0.3) is 5.89 Å². The van der Waals surface area contributed by atoms with Gasteiger partial charge in [0.15, 0.2) is 6.54 Å². The van der Waals surface area contributed by atoms with Crippen LogP contribution in [0.4, 0.5) is 0 Å². The molecule has 120 valence electrons. The third-order valence-corrected chi connectivity index (χ3v) is 4.42. The Morgan fingerprint density at radius 3 is 2.25 bits per heavy atom. The number of nitrogens with zero attached hydrogens (tertiary/aromatic N) is 2. The molecule has 1 aliphatic rings. The summed E-state index contributed by atoms with van der Waals surface area (Å²) in [6.07, 6.45) is 3.42. The second-order valence-electron chi connectivity index (χ2n) is 6.09. The fourth-order valence-corrected chi connectivity index (χ4v) is 3.09. The molecule has 4 heteroatoms. The van der Waals surface area contributed by atoms with Crippen LogP contribution in [0.1, 0.15) is 17.9 Å². The fourth-order valence-electron chi connectivity index (χ4n) is 3.09. The number of hydrogen-bond donors (Lipinski definition) is 1. The van der Waals surface area contributed by atoms with Crippen molar-refractivity contribution in [2.75, 3.05) is 13.1 Å². The average molecular weight is 318 g/mol. The first kappa shape index (κ1) is 14.8. The molecule has 2 heterocycles. The van der Waals surface area contributed by atoms with Gasteiger partial charge in [-0.25, -0.2) is 0 Å². The van der Waals surface area contributed by atoms with E-state index in [1.165, 1.54) is 16.0 Å². The molecule has 1 N–H and O–H groups in total. The van der Waals surface area contributed by atoms with E-state index in [2.05, 4.69) is 46.6 Å². The molecule has 1 aliphatic heterocycles. The van der Waals surface area contributed by atoms with E-state index in [0.717, 1.165) is 31.6 Å². The van der Waals surface area contributed by atoms with Crippen LogP contribution in [0.5, 0.6) is 0 Å². The van der Waals surface area contributed by atoms with Gasteiger partial charge in [-0.15, -0.1) is 10.2 Å². The molecule has 3 aromatic rings. The predicted octanol–water partition coefficient (Wildman–Crippen LogP) is 2.61. The van der Waals surface area contributed by atoms with Crippen molar-refractivity contribution in [2.24, 2.45) is 0 Å². The first-order chi connectivity index (χ1) is 11.9. The van der Waals surface area contributed by atoms with Crippen molar-refractivity contribution in [1.82, 2.24) is 10.2 Å². The van der Waals surface area contributed by atoms with Crippen LogP contribution in [0.3, 0.4) is 0 Å². The predicted molar refractivity (Wildman–Crippen MR) is 93.2 cm³/mol. The van der Waals surface area contributed by atoms with Crippen molar-refractivity contribution < 1.29 is 9.32 Å². The van der Waals surface area contributed by atoms with Gasteiger partial charge in [0.05, 0.1) is 13.1 Å². The van der Waals surface area contributed by atoms with Crippen LogP contribution in [0.15, 0.2) is 71.2 Å². The van der Waals surface area contributed by atoms with E-state index in [4.69, 9.17) is 4.42 Å². The Balaban J connectivity index is 1.41. The van der Waals surface area contributed by atoms with E-state index in [-0.39, 0.29) is 0 Å². The summed E-state index contributed by atoms with van der Waals surface area (Å²) < 4.78 is 5.82. The van der Waals surface area contributed by atoms with Crippen molar-refractivity contribution >= 4 is 5.57 Å². The molecular formula is C20H20N3O+. The van der Waals surface area contributed by atoms with Gasteiger partial charge >= 0.3 is 0 Å². The minimum absolute atomic E-state index is 0.600. The number of rotatable bonds is 4. The second kappa shape index (κ2) is 6.81. The first-order valence-corrected chi connectivity index (χ1v) is 8.34. The Bertz CT molecular complexity index is 824. The van der Waals surface area contributed by atoms with E-state index in [1.54, 1.807) is 0 Å². The molecule has 1 unspecified atom stereocenters. The highest BCUT2D eigenvalue weighted by Gasteiger charge is 2.19. The average Bonchev–Trinajstić information content (AvgIpc) is 3.12. The van der Waals surface area contributed by atoms with Crippen molar-refractivity contribution in [1.29, 1.82) is 0 Å². The van der Waals surface area contributed by atoms with E-state index in [9.17, 15) is 0 Å². The monoisotopic (exact) mass is 318 g/mol. The maximum absolute atomic E-state index is 5.82. The number of quaternary nitrogens is 1. The van der Waals surface area contributed by atoms with Crippen LogP contribution in [-0.2, 0) is 6.54 Å². The van der Waals surface area contributed by atoms with Gasteiger partial charge in [-0.2, -0.15) is 0 Å². The summed E-state index contributed by atoms with van der Waals surface area (Å²) in [6.45, 7) is 2.86.